The van der Waals surface area contributed by atoms with E-state index in [1.807, 2.05) is 30.3 Å². The molecule has 5 nitrogen and oxygen atoms in total. The van der Waals surface area contributed by atoms with Gasteiger partial charge in [-0.3, -0.25) is 4.79 Å². The van der Waals surface area contributed by atoms with Gasteiger partial charge in [0.2, 0.25) is 0 Å². The zero-order valence-corrected chi connectivity index (χ0v) is 14.5. The molecule has 0 amide bonds. The van der Waals surface area contributed by atoms with Crippen molar-refractivity contribution in [2.24, 2.45) is 5.92 Å². The normalized spacial score (nSPS) is 15.4. The number of carbonyl (C=O) groups is 1. The molecular formula is C20H25NO4. The van der Waals surface area contributed by atoms with Gasteiger partial charge in [-0.25, -0.2) is 0 Å². The molecule has 1 aliphatic heterocycles. The van der Waals surface area contributed by atoms with Crippen LogP contribution in [0, 0.1) is 5.92 Å². The highest BCUT2D eigenvalue weighted by atomic mass is 16.5. The molecule has 0 saturated carbocycles. The number of aromatic nitrogens is 1. The number of hydrogen-bond acceptors (Lipinski definition) is 5. The number of hydrogen-bond donors (Lipinski definition) is 0. The third-order valence-electron chi connectivity index (χ3n) is 4.56. The molecule has 1 aliphatic rings. The molecule has 1 aromatic heterocycles. The number of Topliss-reactive ketones (excluding diaryl/α,β-unsaturated/α-hetero) is 1. The van der Waals surface area contributed by atoms with Gasteiger partial charge in [0.05, 0.1) is 6.61 Å². The molecule has 134 valence electrons. The van der Waals surface area contributed by atoms with Crippen LogP contribution < -0.4 is 0 Å². The highest BCUT2D eigenvalue weighted by Crippen LogP contribution is 2.21. The predicted molar refractivity (Wildman–Crippen MR) is 93.2 cm³/mol. The molecule has 0 aliphatic carbocycles. The summed E-state index contributed by atoms with van der Waals surface area (Å²) in [6.45, 7) is 2.54. The van der Waals surface area contributed by atoms with Crippen molar-refractivity contribution >= 4 is 5.78 Å². The van der Waals surface area contributed by atoms with Crippen molar-refractivity contribution in [3.8, 4) is 0 Å². The lowest BCUT2D eigenvalue weighted by molar-refractivity contribution is 0.0628. The van der Waals surface area contributed by atoms with E-state index in [0.717, 1.165) is 44.5 Å². The lowest BCUT2D eigenvalue weighted by Crippen LogP contribution is -2.15. The minimum Gasteiger partial charge on any atom is -0.381 e. The summed E-state index contributed by atoms with van der Waals surface area (Å²) in [7, 11) is 0. The van der Waals surface area contributed by atoms with Gasteiger partial charge in [-0.15, -0.1) is 0 Å². The van der Waals surface area contributed by atoms with Gasteiger partial charge in [0, 0.05) is 25.7 Å². The van der Waals surface area contributed by atoms with E-state index in [2.05, 4.69) is 5.16 Å². The molecule has 0 N–H and O–H groups in total. The summed E-state index contributed by atoms with van der Waals surface area (Å²) >= 11 is 0. The maximum Gasteiger partial charge on any atom is 0.184 e. The van der Waals surface area contributed by atoms with Crippen LogP contribution in [0.15, 0.2) is 40.9 Å². The first-order valence-electron chi connectivity index (χ1n) is 8.99. The van der Waals surface area contributed by atoms with E-state index in [4.69, 9.17) is 14.0 Å². The van der Waals surface area contributed by atoms with Crippen LogP contribution in [0.5, 0.6) is 0 Å². The van der Waals surface area contributed by atoms with Crippen LogP contribution in [-0.4, -0.2) is 24.2 Å². The van der Waals surface area contributed by atoms with Crippen LogP contribution in [0.3, 0.4) is 0 Å². The molecule has 5 heteroatoms. The van der Waals surface area contributed by atoms with Crippen molar-refractivity contribution in [2.45, 2.75) is 45.3 Å². The summed E-state index contributed by atoms with van der Waals surface area (Å²) in [5.41, 5.74) is 1.51. The van der Waals surface area contributed by atoms with Gasteiger partial charge >= 0.3 is 0 Å². The maximum absolute atomic E-state index is 12.2. The largest absolute Gasteiger partial charge is 0.381 e. The van der Waals surface area contributed by atoms with E-state index >= 15 is 0 Å². The smallest absolute Gasteiger partial charge is 0.184 e. The van der Waals surface area contributed by atoms with E-state index in [1.165, 1.54) is 0 Å². The minimum absolute atomic E-state index is 0.0464. The zero-order valence-electron chi connectivity index (χ0n) is 14.5. The monoisotopic (exact) mass is 343 g/mol. The molecule has 1 aromatic carbocycles. The number of carbonyl (C=O) groups excluding carboxylic acids is 1. The summed E-state index contributed by atoms with van der Waals surface area (Å²) in [6.07, 6.45) is 4.73. The number of rotatable bonds is 9. The fourth-order valence-electron chi connectivity index (χ4n) is 3.07. The molecule has 0 atom stereocenters. The van der Waals surface area contributed by atoms with Crippen molar-refractivity contribution < 1.29 is 18.8 Å². The SMILES string of the molecule is O=C(CCCC1CCOCC1)c1cc(COCc2ccccc2)on1. The van der Waals surface area contributed by atoms with Crippen molar-refractivity contribution in [3.05, 3.63) is 53.4 Å². The summed E-state index contributed by atoms with van der Waals surface area (Å²) in [4.78, 5) is 12.2. The van der Waals surface area contributed by atoms with Crippen LogP contribution >= 0.6 is 0 Å². The van der Waals surface area contributed by atoms with Crippen LogP contribution in [0.4, 0.5) is 0 Å². The second kappa shape index (κ2) is 9.49. The van der Waals surface area contributed by atoms with Gasteiger partial charge in [-0.2, -0.15) is 0 Å². The van der Waals surface area contributed by atoms with Crippen molar-refractivity contribution in [1.29, 1.82) is 0 Å². The number of nitrogens with zero attached hydrogens (tertiary/aromatic N) is 1. The van der Waals surface area contributed by atoms with E-state index in [-0.39, 0.29) is 5.78 Å². The van der Waals surface area contributed by atoms with Crippen LogP contribution in [-0.2, 0) is 22.7 Å². The molecule has 3 rings (SSSR count). The number of ether oxygens (including phenoxy) is 2. The topological polar surface area (TPSA) is 61.6 Å². The van der Waals surface area contributed by atoms with E-state index < -0.39 is 0 Å². The first kappa shape index (κ1) is 17.8. The third kappa shape index (κ3) is 5.80. The van der Waals surface area contributed by atoms with Gasteiger partial charge in [0.15, 0.2) is 11.5 Å². The molecule has 0 radical (unpaired) electrons. The second-order valence-electron chi connectivity index (χ2n) is 6.53. The minimum atomic E-state index is 0.0464. The Bertz CT molecular complexity index is 647. The second-order valence-corrected chi connectivity index (χ2v) is 6.53. The average molecular weight is 343 g/mol. The Labute approximate surface area is 148 Å². The molecule has 1 fully saturated rings. The zero-order chi connectivity index (χ0) is 17.3. The first-order chi connectivity index (χ1) is 12.3. The lowest BCUT2D eigenvalue weighted by atomic mass is 9.93. The first-order valence-corrected chi connectivity index (χ1v) is 8.99. The average Bonchev–Trinajstić information content (AvgIpc) is 3.12. The molecule has 1 saturated heterocycles. The quantitative estimate of drug-likeness (QED) is 0.640. The molecule has 0 unspecified atom stereocenters. The summed E-state index contributed by atoms with van der Waals surface area (Å²) in [5, 5.41) is 3.88. The molecule has 2 heterocycles. The van der Waals surface area contributed by atoms with Crippen molar-refractivity contribution in [1.82, 2.24) is 5.16 Å². The summed E-state index contributed by atoms with van der Waals surface area (Å²) < 4.78 is 16.2. The Morgan fingerprint density at radius 2 is 1.96 bits per heavy atom. The van der Waals surface area contributed by atoms with Crippen molar-refractivity contribution in [3.63, 3.8) is 0 Å². The predicted octanol–water partition coefficient (Wildman–Crippen LogP) is 4.17. The van der Waals surface area contributed by atoms with Gasteiger partial charge in [0.1, 0.15) is 12.3 Å². The Balaban J connectivity index is 1.37. The Kier molecular flexibility index (Phi) is 6.77. The van der Waals surface area contributed by atoms with E-state index in [9.17, 15) is 4.79 Å². The molecule has 0 spiro atoms. The van der Waals surface area contributed by atoms with Gasteiger partial charge in [-0.1, -0.05) is 35.5 Å². The highest BCUT2D eigenvalue weighted by molar-refractivity contribution is 5.94. The van der Waals surface area contributed by atoms with Gasteiger partial charge in [-0.05, 0) is 37.2 Å². The standard InChI is InChI=1S/C20H25NO4/c22-20(8-4-7-16-9-11-23-12-10-16)19-13-18(25-21-19)15-24-14-17-5-2-1-3-6-17/h1-3,5-6,13,16H,4,7-12,14-15H2. The fourth-order valence-corrected chi connectivity index (χ4v) is 3.07. The Hall–Kier alpha value is -1.98. The molecular weight excluding hydrogens is 318 g/mol. The summed E-state index contributed by atoms with van der Waals surface area (Å²) in [6, 6.07) is 11.6. The highest BCUT2D eigenvalue weighted by Gasteiger charge is 2.16. The molecule has 25 heavy (non-hydrogen) atoms. The van der Waals surface area contributed by atoms with E-state index in [1.54, 1.807) is 6.07 Å². The molecule has 0 bridgehead atoms. The maximum atomic E-state index is 12.2. The molecule has 2 aromatic rings. The van der Waals surface area contributed by atoms with Crippen LogP contribution in [0.2, 0.25) is 0 Å². The number of benzene rings is 1. The Morgan fingerprint density at radius 3 is 2.76 bits per heavy atom. The third-order valence-corrected chi connectivity index (χ3v) is 4.56. The van der Waals surface area contributed by atoms with Gasteiger partial charge in [0.25, 0.3) is 0 Å². The van der Waals surface area contributed by atoms with Crippen molar-refractivity contribution in [2.75, 3.05) is 13.2 Å². The number of ketones is 1. The lowest BCUT2D eigenvalue weighted by Gasteiger charge is -2.21. The Morgan fingerprint density at radius 1 is 1.16 bits per heavy atom. The fraction of sp³-hybridized carbons (Fsp3) is 0.500. The van der Waals surface area contributed by atoms with Crippen LogP contribution in [0.1, 0.15) is 53.9 Å². The van der Waals surface area contributed by atoms with Crippen LogP contribution in [0.25, 0.3) is 0 Å². The summed E-state index contributed by atoms with van der Waals surface area (Å²) in [5.74, 6) is 1.33. The van der Waals surface area contributed by atoms with Gasteiger partial charge < -0.3 is 14.0 Å². The van der Waals surface area contributed by atoms with E-state index in [0.29, 0.717) is 37.0 Å².